The summed E-state index contributed by atoms with van der Waals surface area (Å²) in [5.41, 5.74) is 0.484. The predicted molar refractivity (Wildman–Crippen MR) is 75.7 cm³/mol. The molecule has 0 unspecified atom stereocenters. The van der Waals surface area contributed by atoms with Crippen LogP contribution in [0.4, 0.5) is 5.69 Å². The normalized spacial score (nSPS) is 24.9. The highest BCUT2D eigenvalue weighted by Gasteiger charge is 2.48. The molecule has 1 aliphatic heterocycles. The second-order valence-corrected chi connectivity index (χ2v) is 5.60. The van der Waals surface area contributed by atoms with Crippen LogP contribution in [0.3, 0.4) is 0 Å². The summed E-state index contributed by atoms with van der Waals surface area (Å²) < 4.78 is 5.02. The first-order valence-corrected chi connectivity index (χ1v) is 7.24. The number of carbonyl (C=O) groups excluding carboxylic acids is 3. The van der Waals surface area contributed by atoms with E-state index >= 15 is 0 Å². The van der Waals surface area contributed by atoms with Crippen molar-refractivity contribution in [2.24, 2.45) is 11.8 Å². The van der Waals surface area contributed by atoms with Gasteiger partial charge < -0.3 is 4.74 Å². The molecule has 0 bridgehead atoms. The zero-order valence-corrected chi connectivity index (χ0v) is 11.9. The fourth-order valence-corrected chi connectivity index (χ4v) is 3.27. The Hall–Kier alpha value is -2.17. The largest absolute Gasteiger partial charge is 0.427 e. The maximum absolute atomic E-state index is 12.5. The van der Waals surface area contributed by atoms with Gasteiger partial charge in [0, 0.05) is 13.0 Å². The molecule has 1 saturated carbocycles. The minimum atomic E-state index is -0.431. The lowest BCUT2D eigenvalue weighted by atomic mass is 9.81. The van der Waals surface area contributed by atoms with Gasteiger partial charge in [0.15, 0.2) is 0 Å². The molecule has 0 aromatic heterocycles. The Labute approximate surface area is 122 Å². The van der Waals surface area contributed by atoms with Crippen molar-refractivity contribution in [1.82, 2.24) is 0 Å². The molecule has 1 heterocycles. The molecule has 2 atom stereocenters. The second kappa shape index (κ2) is 5.31. The van der Waals surface area contributed by atoms with Crippen molar-refractivity contribution >= 4 is 23.5 Å². The maximum Gasteiger partial charge on any atom is 0.308 e. The first kappa shape index (κ1) is 13.8. The van der Waals surface area contributed by atoms with Crippen molar-refractivity contribution in [2.45, 2.75) is 32.6 Å². The van der Waals surface area contributed by atoms with E-state index in [1.54, 1.807) is 24.3 Å². The lowest BCUT2D eigenvalue weighted by Gasteiger charge is -2.19. The number of hydrogen-bond acceptors (Lipinski definition) is 4. The van der Waals surface area contributed by atoms with Crippen LogP contribution < -0.4 is 9.64 Å². The van der Waals surface area contributed by atoms with Gasteiger partial charge in [-0.2, -0.15) is 0 Å². The molecular formula is C16H17NO4. The highest BCUT2D eigenvalue weighted by atomic mass is 16.5. The van der Waals surface area contributed by atoms with E-state index in [-0.39, 0.29) is 23.7 Å². The van der Waals surface area contributed by atoms with Gasteiger partial charge in [0.2, 0.25) is 11.8 Å². The van der Waals surface area contributed by atoms with E-state index in [4.69, 9.17) is 4.74 Å². The first-order chi connectivity index (χ1) is 10.1. The molecule has 3 rings (SSSR count). The van der Waals surface area contributed by atoms with Gasteiger partial charge >= 0.3 is 5.97 Å². The Kier molecular flexibility index (Phi) is 3.49. The molecular weight excluding hydrogens is 270 g/mol. The number of rotatable bonds is 2. The fraction of sp³-hybridized carbons (Fsp3) is 0.438. The number of carbonyl (C=O) groups is 3. The van der Waals surface area contributed by atoms with Gasteiger partial charge in [-0.3, -0.25) is 14.4 Å². The van der Waals surface area contributed by atoms with Crippen molar-refractivity contribution in [3.05, 3.63) is 24.3 Å². The Morgan fingerprint density at radius 2 is 1.76 bits per heavy atom. The van der Waals surface area contributed by atoms with Crippen molar-refractivity contribution in [3.8, 4) is 5.75 Å². The molecule has 1 aromatic rings. The molecule has 110 valence electrons. The summed E-state index contributed by atoms with van der Waals surface area (Å²) in [6, 6.07) is 6.56. The first-order valence-electron chi connectivity index (χ1n) is 7.24. The number of esters is 1. The Balaban J connectivity index is 1.91. The van der Waals surface area contributed by atoms with Gasteiger partial charge in [-0.25, -0.2) is 4.90 Å². The number of benzene rings is 1. The van der Waals surface area contributed by atoms with E-state index < -0.39 is 5.97 Å². The molecule has 1 aromatic carbocycles. The van der Waals surface area contributed by atoms with Crippen molar-refractivity contribution < 1.29 is 19.1 Å². The van der Waals surface area contributed by atoms with E-state index in [9.17, 15) is 14.4 Å². The van der Waals surface area contributed by atoms with Crippen LogP contribution in [0.1, 0.15) is 32.6 Å². The highest BCUT2D eigenvalue weighted by molar-refractivity contribution is 6.22. The van der Waals surface area contributed by atoms with Gasteiger partial charge in [0.05, 0.1) is 17.5 Å². The van der Waals surface area contributed by atoms with Crippen LogP contribution in [0.25, 0.3) is 0 Å². The predicted octanol–water partition coefficient (Wildman–Crippen LogP) is 2.29. The molecule has 2 aliphatic rings. The quantitative estimate of drug-likeness (QED) is 0.475. The van der Waals surface area contributed by atoms with Gasteiger partial charge in [-0.15, -0.1) is 0 Å². The van der Waals surface area contributed by atoms with Crippen LogP contribution >= 0.6 is 0 Å². The molecule has 2 fully saturated rings. The molecule has 0 radical (unpaired) electrons. The van der Waals surface area contributed by atoms with Crippen LogP contribution in [0.15, 0.2) is 24.3 Å². The fourth-order valence-electron chi connectivity index (χ4n) is 3.27. The minimum Gasteiger partial charge on any atom is -0.427 e. The summed E-state index contributed by atoms with van der Waals surface area (Å²) in [6.07, 6.45) is 3.58. The topological polar surface area (TPSA) is 63.7 Å². The molecule has 21 heavy (non-hydrogen) atoms. The maximum atomic E-state index is 12.5. The van der Waals surface area contributed by atoms with Gasteiger partial charge in [-0.1, -0.05) is 18.9 Å². The van der Waals surface area contributed by atoms with E-state index in [2.05, 4.69) is 0 Å². The lowest BCUT2D eigenvalue weighted by Crippen LogP contribution is -2.30. The average Bonchev–Trinajstić information content (AvgIpc) is 2.71. The number of hydrogen-bond donors (Lipinski definition) is 0. The Morgan fingerprint density at radius 1 is 1.14 bits per heavy atom. The van der Waals surface area contributed by atoms with Crippen molar-refractivity contribution in [3.63, 3.8) is 0 Å². The van der Waals surface area contributed by atoms with E-state index in [1.807, 2.05) is 0 Å². The van der Waals surface area contributed by atoms with Crippen LogP contribution in [0.5, 0.6) is 5.75 Å². The third-order valence-electron chi connectivity index (χ3n) is 4.18. The molecule has 1 aliphatic carbocycles. The number of fused-ring (bicyclic) bond motifs is 1. The number of imide groups is 1. The SMILES string of the molecule is CC(=O)Oc1cccc(N2C(=O)[C@H]3CCCC[C@@H]3C2=O)c1. The third-order valence-corrected chi connectivity index (χ3v) is 4.18. The molecule has 5 heteroatoms. The summed E-state index contributed by atoms with van der Waals surface area (Å²) in [5.74, 6) is -0.683. The van der Waals surface area contributed by atoms with Gasteiger partial charge in [0.25, 0.3) is 0 Å². The summed E-state index contributed by atoms with van der Waals surface area (Å²) in [6.45, 7) is 1.31. The summed E-state index contributed by atoms with van der Waals surface area (Å²) in [4.78, 5) is 37.2. The zero-order chi connectivity index (χ0) is 15.0. The average molecular weight is 287 g/mol. The zero-order valence-electron chi connectivity index (χ0n) is 11.9. The monoisotopic (exact) mass is 287 g/mol. The van der Waals surface area contributed by atoms with E-state index in [0.29, 0.717) is 11.4 Å². The van der Waals surface area contributed by atoms with Crippen LogP contribution in [-0.4, -0.2) is 17.8 Å². The number of anilines is 1. The van der Waals surface area contributed by atoms with E-state index in [0.717, 1.165) is 25.7 Å². The van der Waals surface area contributed by atoms with E-state index in [1.165, 1.54) is 11.8 Å². The van der Waals surface area contributed by atoms with Crippen LogP contribution in [0.2, 0.25) is 0 Å². The molecule has 2 amide bonds. The highest BCUT2D eigenvalue weighted by Crippen LogP contribution is 2.40. The molecule has 1 saturated heterocycles. The van der Waals surface area contributed by atoms with Crippen molar-refractivity contribution in [1.29, 1.82) is 0 Å². The summed E-state index contributed by atoms with van der Waals surface area (Å²) in [7, 11) is 0. The number of amides is 2. The van der Waals surface area contributed by atoms with Crippen LogP contribution in [-0.2, 0) is 14.4 Å². The number of nitrogens with zero attached hydrogens (tertiary/aromatic N) is 1. The van der Waals surface area contributed by atoms with Crippen LogP contribution in [0, 0.1) is 11.8 Å². The molecule has 0 N–H and O–H groups in total. The Bertz CT molecular complexity index is 586. The Morgan fingerprint density at radius 3 is 2.33 bits per heavy atom. The summed E-state index contributed by atoms with van der Waals surface area (Å²) in [5, 5.41) is 0. The van der Waals surface area contributed by atoms with Gasteiger partial charge in [-0.05, 0) is 25.0 Å². The standard InChI is InChI=1S/C16H17NO4/c1-10(18)21-12-6-4-5-11(9-12)17-15(19)13-7-2-3-8-14(13)16(17)20/h4-6,9,13-14H,2-3,7-8H2,1H3/t13-,14-/m0/s1. The molecule has 0 spiro atoms. The number of ether oxygens (including phenoxy) is 1. The van der Waals surface area contributed by atoms with Gasteiger partial charge in [0.1, 0.15) is 5.75 Å². The smallest absolute Gasteiger partial charge is 0.308 e. The lowest BCUT2D eigenvalue weighted by molar-refractivity contribution is -0.132. The minimum absolute atomic E-state index is 0.121. The third kappa shape index (κ3) is 2.44. The molecule has 5 nitrogen and oxygen atoms in total. The van der Waals surface area contributed by atoms with Crippen molar-refractivity contribution in [2.75, 3.05) is 4.90 Å². The summed E-state index contributed by atoms with van der Waals surface area (Å²) >= 11 is 0. The second-order valence-electron chi connectivity index (χ2n) is 5.60.